The van der Waals surface area contributed by atoms with Crippen molar-refractivity contribution < 1.29 is 23.1 Å². The molecule has 0 heterocycles. The smallest absolute Gasteiger partial charge is 0.448 e. The fraction of sp³-hybridized carbons (Fsp3) is 0.250. The minimum atomic E-state index is -4.89. The van der Waals surface area contributed by atoms with Gasteiger partial charge in [0.05, 0.1) is 0 Å². The van der Waals surface area contributed by atoms with Crippen molar-refractivity contribution in [2.45, 2.75) is 6.18 Å². The number of hydrogen-bond donors (Lipinski definition) is 2. The summed E-state index contributed by atoms with van der Waals surface area (Å²) in [5, 5.41) is 7.99. The molecule has 0 rings (SSSR count). The van der Waals surface area contributed by atoms with Crippen molar-refractivity contribution in [2.24, 2.45) is 5.73 Å². The molecule has 0 aromatic heterocycles. The molecule has 3 nitrogen and oxygen atoms in total. The van der Waals surface area contributed by atoms with Gasteiger partial charge in [0.2, 0.25) is 11.7 Å². The van der Waals surface area contributed by atoms with Crippen LogP contribution in [0.25, 0.3) is 0 Å². The lowest BCUT2D eigenvalue weighted by Crippen LogP contribution is -2.16. The van der Waals surface area contributed by atoms with E-state index in [-0.39, 0.29) is 6.08 Å². The van der Waals surface area contributed by atoms with Crippen molar-refractivity contribution in [3.8, 4) is 0 Å². The van der Waals surface area contributed by atoms with Crippen LogP contribution in [0, 0.1) is 0 Å². The third-order valence-electron chi connectivity index (χ3n) is 0.569. The van der Waals surface area contributed by atoms with Crippen LogP contribution in [0.3, 0.4) is 0 Å². The Labute approximate surface area is 53.9 Å². The Morgan fingerprint density at radius 3 is 2.00 bits per heavy atom. The predicted molar refractivity (Wildman–Crippen MR) is 26.0 cm³/mol. The Kier molecular flexibility index (Phi) is 2.28. The van der Waals surface area contributed by atoms with Gasteiger partial charge in [-0.25, -0.2) is 0 Å². The van der Waals surface area contributed by atoms with Gasteiger partial charge in [0.1, 0.15) is 0 Å². The van der Waals surface area contributed by atoms with Crippen LogP contribution in [-0.4, -0.2) is 17.2 Å². The van der Waals surface area contributed by atoms with Crippen LogP contribution in [0.1, 0.15) is 0 Å². The second-order valence-electron chi connectivity index (χ2n) is 1.43. The average Bonchev–Trinajstić information content (AvgIpc) is 1.60. The monoisotopic (exact) mass is 155 g/mol. The molecule has 0 bridgehead atoms. The first-order valence-electron chi connectivity index (χ1n) is 2.11. The van der Waals surface area contributed by atoms with Gasteiger partial charge in [-0.05, 0) is 0 Å². The van der Waals surface area contributed by atoms with Gasteiger partial charge >= 0.3 is 6.18 Å². The quantitative estimate of drug-likeness (QED) is 0.427. The highest BCUT2D eigenvalue weighted by Gasteiger charge is 2.34. The lowest BCUT2D eigenvalue weighted by molar-refractivity contribution is -0.125. The Bertz CT molecular complexity index is 172. The molecule has 0 unspecified atom stereocenters. The standard InChI is InChI=1S/C4H4F3NO2/c5-4(6,7)2(9)1-3(8)10/h1,9H,(H2,8,10). The number of allylic oxidation sites excluding steroid dienone is 1. The van der Waals surface area contributed by atoms with Crippen LogP contribution in [0.4, 0.5) is 13.2 Å². The zero-order valence-corrected chi connectivity index (χ0v) is 4.64. The summed E-state index contributed by atoms with van der Waals surface area (Å²) < 4.78 is 33.9. The number of nitrogens with two attached hydrogens (primary N) is 1. The summed E-state index contributed by atoms with van der Waals surface area (Å²) in [6, 6.07) is 0. The Morgan fingerprint density at radius 2 is 1.90 bits per heavy atom. The number of amides is 1. The van der Waals surface area contributed by atoms with Crippen molar-refractivity contribution in [3.63, 3.8) is 0 Å². The van der Waals surface area contributed by atoms with Gasteiger partial charge in [-0.15, -0.1) is 0 Å². The number of rotatable bonds is 1. The lowest BCUT2D eigenvalue weighted by atomic mass is 10.4. The summed E-state index contributed by atoms with van der Waals surface area (Å²) in [4.78, 5) is 9.74. The first-order chi connectivity index (χ1) is 4.34. The van der Waals surface area contributed by atoms with E-state index in [4.69, 9.17) is 5.11 Å². The molecular formula is C4H4F3NO2. The normalized spacial score (nSPS) is 13.3. The summed E-state index contributed by atoms with van der Waals surface area (Å²) >= 11 is 0. The van der Waals surface area contributed by atoms with Crippen LogP contribution < -0.4 is 5.73 Å². The SMILES string of the molecule is NC(=O)C=C(O)C(F)(F)F. The van der Waals surface area contributed by atoms with E-state index in [1.54, 1.807) is 0 Å². The molecule has 0 aliphatic heterocycles. The molecule has 6 heteroatoms. The molecule has 0 spiro atoms. The zero-order valence-electron chi connectivity index (χ0n) is 4.64. The molecule has 0 aliphatic rings. The summed E-state index contributed by atoms with van der Waals surface area (Å²) in [5.74, 6) is -3.32. The van der Waals surface area contributed by atoms with Gasteiger partial charge in [0.15, 0.2) is 0 Å². The maximum Gasteiger partial charge on any atom is 0.448 e. The molecule has 0 fully saturated rings. The van der Waals surface area contributed by atoms with Gasteiger partial charge in [-0.1, -0.05) is 0 Å². The topological polar surface area (TPSA) is 63.3 Å². The molecule has 58 valence electrons. The molecule has 0 aromatic carbocycles. The average molecular weight is 155 g/mol. The molecule has 0 aromatic rings. The van der Waals surface area contributed by atoms with Gasteiger partial charge in [-0.3, -0.25) is 4.79 Å². The predicted octanol–water partition coefficient (Wildman–Crippen LogP) is 0.476. The summed E-state index contributed by atoms with van der Waals surface area (Å²) in [5.41, 5.74) is 4.31. The number of primary amides is 1. The minimum absolute atomic E-state index is 0.0972. The number of aliphatic hydroxyl groups excluding tert-OH is 1. The van der Waals surface area contributed by atoms with Gasteiger partial charge in [0, 0.05) is 6.08 Å². The molecule has 0 aliphatic carbocycles. The molecule has 1 amide bonds. The summed E-state index contributed by atoms with van der Waals surface area (Å²) in [7, 11) is 0. The molecule has 0 radical (unpaired) electrons. The van der Waals surface area contributed by atoms with E-state index < -0.39 is 17.8 Å². The van der Waals surface area contributed by atoms with E-state index in [2.05, 4.69) is 5.73 Å². The Balaban J connectivity index is 4.35. The molecule has 0 saturated carbocycles. The number of hydrogen-bond acceptors (Lipinski definition) is 2. The third-order valence-corrected chi connectivity index (χ3v) is 0.569. The lowest BCUT2D eigenvalue weighted by Gasteiger charge is -2.01. The number of carbonyl (C=O) groups is 1. The number of alkyl halides is 3. The van der Waals surface area contributed by atoms with E-state index in [0.29, 0.717) is 0 Å². The van der Waals surface area contributed by atoms with E-state index >= 15 is 0 Å². The number of halogens is 3. The van der Waals surface area contributed by atoms with Crippen LogP contribution in [0.2, 0.25) is 0 Å². The second kappa shape index (κ2) is 2.59. The number of carbonyl (C=O) groups excluding carboxylic acids is 1. The fourth-order valence-electron chi connectivity index (χ4n) is 0.217. The van der Waals surface area contributed by atoms with Gasteiger partial charge < -0.3 is 10.8 Å². The fourth-order valence-corrected chi connectivity index (χ4v) is 0.217. The van der Waals surface area contributed by atoms with Crippen molar-refractivity contribution in [2.75, 3.05) is 0 Å². The van der Waals surface area contributed by atoms with Crippen molar-refractivity contribution in [3.05, 3.63) is 11.8 Å². The Morgan fingerprint density at radius 1 is 1.50 bits per heavy atom. The third kappa shape index (κ3) is 2.95. The zero-order chi connectivity index (χ0) is 8.36. The van der Waals surface area contributed by atoms with Crippen LogP contribution in [0.15, 0.2) is 11.8 Å². The van der Waals surface area contributed by atoms with Gasteiger partial charge in [0.25, 0.3) is 0 Å². The largest absolute Gasteiger partial charge is 0.504 e. The van der Waals surface area contributed by atoms with E-state index in [0.717, 1.165) is 0 Å². The molecule has 0 saturated heterocycles. The summed E-state index contributed by atoms with van der Waals surface area (Å²) in [6.07, 6.45) is -4.99. The van der Waals surface area contributed by atoms with Crippen LogP contribution >= 0.6 is 0 Å². The Hall–Kier alpha value is -1.20. The minimum Gasteiger partial charge on any atom is -0.504 e. The number of aliphatic hydroxyl groups is 1. The highest BCUT2D eigenvalue weighted by Crippen LogP contribution is 2.22. The second-order valence-corrected chi connectivity index (χ2v) is 1.43. The first-order valence-corrected chi connectivity index (χ1v) is 2.11. The van der Waals surface area contributed by atoms with Crippen molar-refractivity contribution in [1.82, 2.24) is 0 Å². The maximum atomic E-state index is 11.3. The molecular weight excluding hydrogens is 151 g/mol. The van der Waals surface area contributed by atoms with E-state index in [9.17, 15) is 18.0 Å². The molecule has 10 heavy (non-hydrogen) atoms. The van der Waals surface area contributed by atoms with E-state index in [1.807, 2.05) is 0 Å². The molecule has 3 N–H and O–H groups in total. The van der Waals surface area contributed by atoms with Crippen molar-refractivity contribution >= 4 is 5.91 Å². The first kappa shape index (κ1) is 8.80. The van der Waals surface area contributed by atoms with E-state index in [1.165, 1.54) is 0 Å². The molecule has 0 atom stereocenters. The summed E-state index contributed by atoms with van der Waals surface area (Å²) in [6.45, 7) is 0. The van der Waals surface area contributed by atoms with Crippen molar-refractivity contribution in [1.29, 1.82) is 0 Å². The van der Waals surface area contributed by atoms with Gasteiger partial charge in [-0.2, -0.15) is 13.2 Å². The van der Waals surface area contributed by atoms with Crippen LogP contribution in [-0.2, 0) is 4.79 Å². The highest BCUT2D eigenvalue weighted by molar-refractivity contribution is 5.86. The highest BCUT2D eigenvalue weighted by atomic mass is 19.4. The van der Waals surface area contributed by atoms with Crippen LogP contribution in [0.5, 0.6) is 0 Å². The maximum absolute atomic E-state index is 11.3.